The lowest BCUT2D eigenvalue weighted by Crippen LogP contribution is -2.28. The molecule has 1 aromatic carbocycles. The van der Waals surface area contributed by atoms with Crippen molar-refractivity contribution in [1.82, 2.24) is 4.90 Å². The average molecular weight is 394 g/mol. The molecule has 3 aromatic rings. The first-order valence-electron chi connectivity index (χ1n) is 8.56. The molecule has 4 rings (SSSR count). The number of aliphatic hydroxyl groups excluding tert-OH is 1. The molecule has 3 heterocycles. The highest BCUT2D eigenvalue weighted by molar-refractivity contribution is 6.46. The minimum atomic E-state index is -1.01. The van der Waals surface area contributed by atoms with Crippen molar-refractivity contribution < 1.29 is 28.5 Å². The number of nitro groups is 1. The molecule has 1 saturated heterocycles. The summed E-state index contributed by atoms with van der Waals surface area (Å²) in [5.74, 6) is -1.56. The lowest BCUT2D eigenvalue weighted by atomic mass is 9.99. The van der Waals surface area contributed by atoms with Gasteiger partial charge < -0.3 is 18.8 Å². The highest BCUT2D eigenvalue weighted by atomic mass is 16.6. The highest BCUT2D eigenvalue weighted by Gasteiger charge is 2.47. The van der Waals surface area contributed by atoms with Crippen molar-refractivity contribution in [2.24, 2.45) is 0 Å². The molecule has 0 aliphatic carbocycles. The van der Waals surface area contributed by atoms with Crippen molar-refractivity contribution in [3.8, 4) is 0 Å². The van der Waals surface area contributed by atoms with Crippen LogP contribution in [0, 0.1) is 10.1 Å². The van der Waals surface area contributed by atoms with Crippen LogP contribution in [0.3, 0.4) is 0 Å². The van der Waals surface area contributed by atoms with Gasteiger partial charge >= 0.3 is 0 Å². The van der Waals surface area contributed by atoms with Crippen molar-refractivity contribution in [3.63, 3.8) is 0 Å². The molecule has 0 radical (unpaired) electrons. The van der Waals surface area contributed by atoms with Crippen LogP contribution < -0.4 is 0 Å². The number of hydrogen-bond donors (Lipinski definition) is 1. The normalized spacial score (nSPS) is 18.3. The van der Waals surface area contributed by atoms with Gasteiger partial charge in [-0.3, -0.25) is 19.7 Å². The van der Waals surface area contributed by atoms with Gasteiger partial charge in [-0.05, 0) is 24.3 Å². The lowest BCUT2D eigenvalue weighted by Gasteiger charge is -2.22. The molecule has 1 fully saturated rings. The molecule has 9 heteroatoms. The van der Waals surface area contributed by atoms with E-state index in [4.69, 9.17) is 8.83 Å². The number of hydrogen-bond acceptors (Lipinski definition) is 7. The van der Waals surface area contributed by atoms with E-state index in [2.05, 4.69) is 0 Å². The van der Waals surface area contributed by atoms with Crippen molar-refractivity contribution >= 4 is 23.1 Å². The number of nitro benzene ring substituents is 1. The van der Waals surface area contributed by atoms with E-state index in [1.165, 1.54) is 35.6 Å². The molecular formula is C20H14N2O7. The Bertz CT molecular complexity index is 1110. The fraction of sp³-hybridized carbons (Fsp3) is 0.100. The quantitative estimate of drug-likeness (QED) is 0.231. The third-order valence-corrected chi connectivity index (χ3v) is 4.59. The predicted molar refractivity (Wildman–Crippen MR) is 98.4 cm³/mol. The number of nitrogens with zero attached hydrogens (tertiary/aromatic N) is 2. The number of ketones is 1. The molecule has 146 valence electrons. The van der Waals surface area contributed by atoms with Crippen LogP contribution in [0.1, 0.15) is 23.1 Å². The van der Waals surface area contributed by atoms with Gasteiger partial charge in [-0.1, -0.05) is 12.1 Å². The Hall–Kier alpha value is -4.14. The fourth-order valence-corrected chi connectivity index (χ4v) is 3.28. The van der Waals surface area contributed by atoms with Crippen molar-refractivity contribution in [1.29, 1.82) is 0 Å². The van der Waals surface area contributed by atoms with Gasteiger partial charge in [0.1, 0.15) is 23.3 Å². The van der Waals surface area contributed by atoms with Crippen LogP contribution in [0.25, 0.3) is 5.76 Å². The zero-order valence-corrected chi connectivity index (χ0v) is 14.8. The van der Waals surface area contributed by atoms with Crippen LogP contribution in [0.5, 0.6) is 0 Å². The first-order chi connectivity index (χ1) is 14.0. The molecule has 1 atom stereocenters. The fourth-order valence-electron chi connectivity index (χ4n) is 3.28. The number of non-ortho nitro benzene ring substituents is 1. The number of furan rings is 2. The van der Waals surface area contributed by atoms with Crippen LogP contribution in [-0.2, 0) is 16.1 Å². The maximum absolute atomic E-state index is 12.8. The number of amides is 1. The van der Waals surface area contributed by atoms with Crippen LogP contribution in [0.4, 0.5) is 5.69 Å². The third kappa shape index (κ3) is 3.18. The molecule has 0 saturated carbocycles. The summed E-state index contributed by atoms with van der Waals surface area (Å²) < 4.78 is 10.7. The Balaban J connectivity index is 1.85. The second-order valence-electron chi connectivity index (χ2n) is 6.33. The summed E-state index contributed by atoms with van der Waals surface area (Å²) in [6.45, 7) is -0.0192. The summed E-state index contributed by atoms with van der Waals surface area (Å²) in [6.07, 6.45) is 2.83. The summed E-state index contributed by atoms with van der Waals surface area (Å²) >= 11 is 0. The van der Waals surface area contributed by atoms with Gasteiger partial charge in [0.15, 0.2) is 0 Å². The minimum absolute atomic E-state index is 0.0192. The zero-order valence-electron chi connectivity index (χ0n) is 14.8. The van der Waals surface area contributed by atoms with Crippen LogP contribution in [-0.4, -0.2) is 26.6 Å². The number of carbonyl (C=O) groups excluding carboxylic acids is 2. The Morgan fingerprint density at radius 3 is 2.52 bits per heavy atom. The predicted octanol–water partition coefficient (Wildman–Crippen LogP) is 3.40. The van der Waals surface area contributed by atoms with Gasteiger partial charge in [0.2, 0.25) is 0 Å². The third-order valence-electron chi connectivity index (χ3n) is 4.59. The number of likely N-dealkylation sites (tertiary alicyclic amines) is 1. The van der Waals surface area contributed by atoms with Crippen molar-refractivity contribution in [2.45, 2.75) is 12.6 Å². The molecule has 1 N–H and O–H groups in total. The van der Waals surface area contributed by atoms with E-state index >= 15 is 0 Å². The molecule has 0 spiro atoms. The molecule has 1 unspecified atom stereocenters. The molecule has 0 bridgehead atoms. The van der Waals surface area contributed by atoms with Gasteiger partial charge in [-0.25, -0.2) is 0 Å². The Kier molecular flexibility index (Phi) is 4.47. The SMILES string of the molecule is O=C1C(=O)N(Cc2ccco2)C(c2ccco2)/C1=C(/O)c1cccc([N+](=O)[O-])c1. The van der Waals surface area contributed by atoms with Gasteiger partial charge in [0.25, 0.3) is 17.4 Å². The molecule has 2 aromatic heterocycles. The van der Waals surface area contributed by atoms with Gasteiger partial charge in [0.05, 0.1) is 29.6 Å². The first kappa shape index (κ1) is 18.2. The number of benzene rings is 1. The van der Waals surface area contributed by atoms with Crippen LogP contribution in [0.15, 0.2) is 75.5 Å². The monoisotopic (exact) mass is 394 g/mol. The smallest absolute Gasteiger partial charge is 0.296 e. The van der Waals surface area contributed by atoms with Gasteiger partial charge in [0, 0.05) is 17.7 Å². The van der Waals surface area contributed by atoms with E-state index in [1.54, 1.807) is 24.3 Å². The van der Waals surface area contributed by atoms with E-state index in [-0.39, 0.29) is 29.1 Å². The largest absolute Gasteiger partial charge is 0.507 e. The van der Waals surface area contributed by atoms with Gasteiger partial charge in [-0.2, -0.15) is 0 Å². The molecule has 29 heavy (non-hydrogen) atoms. The first-order valence-corrected chi connectivity index (χ1v) is 8.56. The van der Waals surface area contributed by atoms with E-state index < -0.39 is 28.4 Å². The second-order valence-corrected chi connectivity index (χ2v) is 6.33. The van der Waals surface area contributed by atoms with E-state index in [9.17, 15) is 24.8 Å². The minimum Gasteiger partial charge on any atom is -0.507 e. The maximum Gasteiger partial charge on any atom is 0.296 e. The van der Waals surface area contributed by atoms with Crippen LogP contribution in [0.2, 0.25) is 0 Å². The Labute approximate surface area is 163 Å². The number of aliphatic hydroxyl groups is 1. The van der Waals surface area contributed by atoms with E-state index in [0.717, 1.165) is 6.07 Å². The van der Waals surface area contributed by atoms with E-state index in [0.29, 0.717) is 5.76 Å². The maximum atomic E-state index is 12.8. The molecule has 9 nitrogen and oxygen atoms in total. The zero-order chi connectivity index (χ0) is 20.5. The summed E-state index contributed by atoms with van der Waals surface area (Å²) in [7, 11) is 0. The summed E-state index contributed by atoms with van der Waals surface area (Å²) in [6, 6.07) is 10.7. The van der Waals surface area contributed by atoms with Crippen molar-refractivity contribution in [3.05, 3.63) is 93.8 Å². The second kappa shape index (κ2) is 7.12. The summed E-state index contributed by atoms with van der Waals surface area (Å²) in [4.78, 5) is 37.1. The highest BCUT2D eigenvalue weighted by Crippen LogP contribution is 2.40. The van der Waals surface area contributed by atoms with Crippen LogP contribution >= 0.6 is 0 Å². The molecule has 1 aliphatic heterocycles. The molecule has 1 amide bonds. The Morgan fingerprint density at radius 2 is 1.86 bits per heavy atom. The number of Topliss-reactive ketones (excluding diaryl/α,β-unsaturated/α-hetero) is 1. The number of rotatable bonds is 5. The lowest BCUT2D eigenvalue weighted by molar-refractivity contribution is -0.384. The molecular weight excluding hydrogens is 380 g/mol. The van der Waals surface area contributed by atoms with Gasteiger partial charge in [-0.15, -0.1) is 0 Å². The van der Waals surface area contributed by atoms with Crippen molar-refractivity contribution in [2.75, 3.05) is 0 Å². The molecule has 1 aliphatic rings. The Morgan fingerprint density at radius 1 is 1.10 bits per heavy atom. The number of carbonyl (C=O) groups is 2. The van der Waals surface area contributed by atoms with E-state index in [1.807, 2.05) is 0 Å². The topological polar surface area (TPSA) is 127 Å². The standard InChI is InChI=1S/C20H14N2O7/c23-18(12-4-1-5-13(10-12)22(26)27)16-17(15-7-3-9-29-15)21(20(25)19(16)24)11-14-6-2-8-28-14/h1-10,17,23H,11H2/b18-16-. The summed E-state index contributed by atoms with van der Waals surface area (Å²) in [5, 5.41) is 21.9. The average Bonchev–Trinajstić information content (AvgIpc) is 3.46. The summed E-state index contributed by atoms with van der Waals surface area (Å²) in [5.41, 5.74) is -0.419.